The van der Waals surface area contributed by atoms with Gasteiger partial charge < -0.3 is 14.2 Å². The zero-order valence-corrected chi connectivity index (χ0v) is 44.7. The third kappa shape index (κ3) is 54.7. The number of rotatable bonds is 55. The molecule has 0 bridgehead atoms. The van der Waals surface area contributed by atoms with E-state index < -0.39 is 6.10 Å². The predicted molar refractivity (Wildman–Crippen MR) is 288 cm³/mol. The molecule has 0 aromatic heterocycles. The number of hydrogen-bond donors (Lipinski definition) is 0. The summed E-state index contributed by atoms with van der Waals surface area (Å²) in [6, 6.07) is 0. The first-order valence-corrected chi connectivity index (χ1v) is 29.5. The smallest absolute Gasteiger partial charge is 0.306 e. The lowest BCUT2D eigenvalue weighted by atomic mass is 10.0. The minimum atomic E-state index is -0.536. The average molecular weight is 928 g/mol. The Labute approximate surface area is 412 Å². The van der Waals surface area contributed by atoms with Crippen LogP contribution in [0.15, 0.2) is 36.5 Å². The molecule has 0 N–H and O–H groups in total. The fourth-order valence-electron chi connectivity index (χ4n) is 8.71. The van der Waals surface area contributed by atoms with Crippen LogP contribution in [0.25, 0.3) is 0 Å². The van der Waals surface area contributed by atoms with E-state index >= 15 is 0 Å². The van der Waals surface area contributed by atoms with Gasteiger partial charge in [-0.1, -0.05) is 263 Å². The van der Waals surface area contributed by atoms with Gasteiger partial charge in [-0.15, -0.1) is 0 Å². The lowest BCUT2D eigenvalue weighted by molar-refractivity contribution is -0.163. The van der Waals surface area contributed by atoms with E-state index in [2.05, 4.69) is 57.2 Å². The van der Waals surface area contributed by atoms with Crippen LogP contribution >= 0.6 is 0 Å². The molecule has 0 radical (unpaired) electrons. The van der Waals surface area contributed by atoms with Crippen LogP contribution in [0.5, 0.6) is 0 Å². The third-order valence-electron chi connectivity index (χ3n) is 13.1. The van der Waals surface area contributed by atoms with Crippen molar-refractivity contribution in [1.29, 1.82) is 0 Å². The standard InChI is InChI=1S/C61H114O5/c1-4-7-10-13-16-19-22-25-27-29-31-32-34-37-39-42-45-48-51-54-60(62)65-58-59(66-61(63)55-52-49-46-43-40-36-24-21-18-15-12-9-6-3)57-64-56-53-50-47-44-41-38-35-33-30-28-26-23-20-17-14-11-8-5-2/h17,20,25-28,59H,4-16,18-19,21-24,29-58H2,1-3H3/b20-17-,27-25-,28-26-. The molecule has 5 nitrogen and oxygen atoms in total. The maximum Gasteiger partial charge on any atom is 0.306 e. The maximum atomic E-state index is 12.8. The zero-order chi connectivity index (χ0) is 47.7. The van der Waals surface area contributed by atoms with Crippen molar-refractivity contribution in [2.45, 2.75) is 322 Å². The van der Waals surface area contributed by atoms with E-state index in [1.54, 1.807) is 0 Å². The monoisotopic (exact) mass is 927 g/mol. The number of ether oxygens (including phenoxy) is 3. The summed E-state index contributed by atoms with van der Waals surface area (Å²) in [5.41, 5.74) is 0. The number of carbonyl (C=O) groups is 2. The molecule has 0 aromatic rings. The zero-order valence-electron chi connectivity index (χ0n) is 44.7. The molecule has 0 aliphatic carbocycles. The highest BCUT2D eigenvalue weighted by Crippen LogP contribution is 2.16. The van der Waals surface area contributed by atoms with Gasteiger partial charge in [-0.2, -0.15) is 0 Å². The summed E-state index contributed by atoms with van der Waals surface area (Å²) in [5, 5.41) is 0. The van der Waals surface area contributed by atoms with Gasteiger partial charge in [-0.25, -0.2) is 0 Å². The van der Waals surface area contributed by atoms with Crippen LogP contribution in [0.3, 0.4) is 0 Å². The van der Waals surface area contributed by atoms with Crippen LogP contribution in [0.4, 0.5) is 0 Å². The van der Waals surface area contributed by atoms with E-state index in [1.165, 1.54) is 238 Å². The van der Waals surface area contributed by atoms with E-state index in [9.17, 15) is 9.59 Å². The first-order chi connectivity index (χ1) is 32.6. The Balaban J connectivity index is 4.21. The molecule has 66 heavy (non-hydrogen) atoms. The van der Waals surface area contributed by atoms with Crippen molar-refractivity contribution in [2.75, 3.05) is 19.8 Å². The quantitative estimate of drug-likeness (QED) is 0.0345. The van der Waals surface area contributed by atoms with Crippen molar-refractivity contribution in [1.82, 2.24) is 0 Å². The van der Waals surface area contributed by atoms with Crippen molar-refractivity contribution >= 4 is 11.9 Å². The largest absolute Gasteiger partial charge is 0.462 e. The highest BCUT2D eigenvalue weighted by Gasteiger charge is 2.17. The summed E-state index contributed by atoms with van der Waals surface area (Å²) in [5.74, 6) is -0.384. The molecule has 5 heteroatoms. The molecule has 0 heterocycles. The molecule has 0 aliphatic heterocycles. The summed E-state index contributed by atoms with van der Waals surface area (Å²) < 4.78 is 17.5. The Bertz CT molecular complexity index is 1050. The summed E-state index contributed by atoms with van der Waals surface area (Å²) >= 11 is 0. The molecular weight excluding hydrogens is 813 g/mol. The highest BCUT2D eigenvalue weighted by atomic mass is 16.6. The lowest BCUT2D eigenvalue weighted by Gasteiger charge is -2.18. The first-order valence-electron chi connectivity index (χ1n) is 29.5. The second kappa shape index (κ2) is 57.4. The minimum absolute atomic E-state index is 0.0874. The molecule has 388 valence electrons. The number of unbranched alkanes of at least 4 members (excludes halogenated alkanes) is 38. The number of carbonyl (C=O) groups excluding carboxylic acids is 2. The van der Waals surface area contributed by atoms with E-state index in [0.717, 1.165) is 44.9 Å². The van der Waals surface area contributed by atoms with Crippen LogP contribution in [0.1, 0.15) is 316 Å². The first kappa shape index (κ1) is 64.1. The van der Waals surface area contributed by atoms with Gasteiger partial charge in [0.05, 0.1) is 6.61 Å². The fourth-order valence-corrected chi connectivity index (χ4v) is 8.71. The number of allylic oxidation sites excluding steroid dienone is 6. The molecule has 0 rings (SSSR count). The third-order valence-corrected chi connectivity index (χ3v) is 13.1. The van der Waals surface area contributed by atoms with E-state index in [1.807, 2.05) is 0 Å². The Morgan fingerprint density at radius 3 is 1.05 bits per heavy atom. The molecule has 0 aliphatic rings. The molecule has 0 fully saturated rings. The molecule has 0 amide bonds. The molecule has 0 spiro atoms. The van der Waals surface area contributed by atoms with Crippen LogP contribution in [-0.4, -0.2) is 37.9 Å². The Kier molecular flexibility index (Phi) is 55.8. The summed E-state index contributed by atoms with van der Waals surface area (Å²) in [6.45, 7) is 7.84. The molecule has 0 aromatic carbocycles. The van der Waals surface area contributed by atoms with Gasteiger partial charge in [0.1, 0.15) is 6.61 Å². The van der Waals surface area contributed by atoms with Crippen molar-refractivity contribution in [3.8, 4) is 0 Å². The summed E-state index contributed by atoms with van der Waals surface area (Å²) in [7, 11) is 0. The maximum absolute atomic E-state index is 12.8. The number of esters is 2. The predicted octanol–water partition coefficient (Wildman–Crippen LogP) is 20.1. The SMILES string of the molecule is CCCCC/C=C\C/C=C\CCCCCCCCCCOCC(COC(=O)CCCCCCCCCCC/C=C\CCCCCCCC)OC(=O)CCCCCCCCCCCCCCC. The van der Waals surface area contributed by atoms with Crippen molar-refractivity contribution < 1.29 is 23.8 Å². The van der Waals surface area contributed by atoms with Gasteiger partial charge >= 0.3 is 11.9 Å². The van der Waals surface area contributed by atoms with Gasteiger partial charge in [0, 0.05) is 19.4 Å². The van der Waals surface area contributed by atoms with Gasteiger partial charge in [0.15, 0.2) is 6.10 Å². The summed E-state index contributed by atoms with van der Waals surface area (Å²) in [6.07, 6.45) is 70.2. The molecule has 1 atom stereocenters. The van der Waals surface area contributed by atoms with Gasteiger partial charge in [-0.3, -0.25) is 9.59 Å². The van der Waals surface area contributed by atoms with Crippen LogP contribution in [0.2, 0.25) is 0 Å². The lowest BCUT2D eigenvalue weighted by Crippen LogP contribution is -2.30. The van der Waals surface area contributed by atoms with Gasteiger partial charge in [-0.05, 0) is 77.0 Å². The minimum Gasteiger partial charge on any atom is -0.462 e. The van der Waals surface area contributed by atoms with E-state index in [4.69, 9.17) is 14.2 Å². The molecule has 0 saturated carbocycles. The topological polar surface area (TPSA) is 61.8 Å². The van der Waals surface area contributed by atoms with E-state index in [0.29, 0.717) is 19.4 Å². The fraction of sp³-hybridized carbons (Fsp3) is 0.869. The van der Waals surface area contributed by atoms with Crippen LogP contribution < -0.4 is 0 Å². The molecular formula is C61H114O5. The van der Waals surface area contributed by atoms with Crippen LogP contribution in [-0.2, 0) is 23.8 Å². The highest BCUT2D eigenvalue weighted by molar-refractivity contribution is 5.70. The van der Waals surface area contributed by atoms with Crippen LogP contribution in [0, 0.1) is 0 Å². The second-order valence-electron chi connectivity index (χ2n) is 19.9. The van der Waals surface area contributed by atoms with Crippen molar-refractivity contribution in [2.24, 2.45) is 0 Å². The molecule has 0 saturated heterocycles. The van der Waals surface area contributed by atoms with Crippen molar-refractivity contribution in [3.63, 3.8) is 0 Å². The summed E-state index contributed by atoms with van der Waals surface area (Å²) in [4.78, 5) is 25.5. The van der Waals surface area contributed by atoms with Gasteiger partial charge in [0.25, 0.3) is 0 Å². The van der Waals surface area contributed by atoms with Gasteiger partial charge in [0.2, 0.25) is 0 Å². The molecule has 1 unspecified atom stereocenters. The Morgan fingerprint density at radius 2 is 0.636 bits per heavy atom. The second-order valence-corrected chi connectivity index (χ2v) is 19.9. The number of hydrogen-bond acceptors (Lipinski definition) is 5. The van der Waals surface area contributed by atoms with E-state index in [-0.39, 0.29) is 25.2 Å². The Morgan fingerprint density at radius 1 is 0.333 bits per heavy atom. The normalized spacial score (nSPS) is 12.3. The van der Waals surface area contributed by atoms with Crippen molar-refractivity contribution in [3.05, 3.63) is 36.5 Å². The average Bonchev–Trinajstić information content (AvgIpc) is 3.32. The Hall–Kier alpha value is -1.88.